The number of carbonyl (C=O) groups excluding carboxylic acids is 3. The molecule has 1 aliphatic rings. The van der Waals surface area contributed by atoms with Crippen LogP contribution in [0.1, 0.15) is 0 Å². The van der Waals surface area contributed by atoms with Crippen molar-refractivity contribution in [1.82, 2.24) is 5.32 Å². The molecule has 4 nitrogen and oxygen atoms in total. The SMILES string of the molecule is O=C1C=C(C(=O)S)C(=O)N1. The third-order valence-electron chi connectivity index (χ3n) is 0.987. The molecule has 0 unspecified atom stereocenters. The van der Waals surface area contributed by atoms with Gasteiger partial charge in [-0.15, -0.1) is 12.6 Å². The van der Waals surface area contributed by atoms with E-state index in [2.05, 4.69) is 12.6 Å². The van der Waals surface area contributed by atoms with Crippen molar-refractivity contribution in [1.29, 1.82) is 0 Å². The lowest BCUT2D eigenvalue weighted by molar-refractivity contribution is -0.124. The van der Waals surface area contributed by atoms with E-state index in [1.807, 2.05) is 5.32 Å². The van der Waals surface area contributed by atoms with Gasteiger partial charge in [0, 0.05) is 6.08 Å². The lowest BCUT2D eigenvalue weighted by Gasteiger charge is -1.88. The first-order chi connectivity index (χ1) is 4.61. The number of amides is 2. The first-order valence-corrected chi connectivity index (χ1v) is 2.86. The van der Waals surface area contributed by atoms with Gasteiger partial charge in [0.1, 0.15) is 0 Å². The third kappa shape index (κ3) is 1.08. The minimum atomic E-state index is -0.691. The molecule has 0 radical (unpaired) electrons. The van der Waals surface area contributed by atoms with E-state index in [0.717, 1.165) is 6.08 Å². The van der Waals surface area contributed by atoms with Gasteiger partial charge < -0.3 is 0 Å². The summed E-state index contributed by atoms with van der Waals surface area (Å²) in [5.74, 6) is -1.24. The molecule has 0 aromatic carbocycles. The quantitative estimate of drug-likeness (QED) is 0.292. The Hall–Kier alpha value is -1.10. The number of nitrogens with one attached hydrogen (secondary N) is 1. The third-order valence-corrected chi connectivity index (χ3v) is 1.23. The van der Waals surface area contributed by atoms with E-state index in [1.54, 1.807) is 0 Å². The lowest BCUT2D eigenvalue weighted by Crippen LogP contribution is -2.23. The van der Waals surface area contributed by atoms with Gasteiger partial charge in [-0.05, 0) is 0 Å². The predicted molar refractivity (Wildman–Crippen MR) is 35.2 cm³/mol. The molecular weight excluding hydrogens is 154 g/mol. The summed E-state index contributed by atoms with van der Waals surface area (Å²) in [4.78, 5) is 31.3. The van der Waals surface area contributed by atoms with Gasteiger partial charge in [0.15, 0.2) is 0 Å². The Morgan fingerprint density at radius 1 is 1.50 bits per heavy atom. The minimum Gasteiger partial charge on any atom is -0.289 e. The van der Waals surface area contributed by atoms with Crippen LogP contribution in [0.5, 0.6) is 0 Å². The monoisotopic (exact) mass is 157 g/mol. The van der Waals surface area contributed by atoms with Crippen molar-refractivity contribution < 1.29 is 14.4 Å². The molecule has 0 atom stereocenters. The van der Waals surface area contributed by atoms with E-state index < -0.39 is 16.9 Å². The molecule has 10 heavy (non-hydrogen) atoms. The van der Waals surface area contributed by atoms with Crippen molar-refractivity contribution in [3.05, 3.63) is 11.6 Å². The van der Waals surface area contributed by atoms with Crippen molar-refractivity contribution in [3.8, 4) is 0 Å². The van der Waals surface area contributed by atoms with Gasteiger partial charge in [0.2, 0.25) is 5.12 Å². The van der Waals surface area contributed by atoms with Crippen LogP contribution in [0.15, 0.2) is 11.6 Å². The van der Waals surface area contributed by atoms with Gasteiger partial charge in [-0.3, -0.25) is 19.7 Å². The van der Waals surface area contributed by atoms with Gasteiger partial charge in [0.25, 0.3) is 11.8 Å². The van der Waals surface area contributed by atoms with Crippen molar-refractivity contribution in [2.24, 2.45) is 0 Å². The van der Waals surface area contributed by atoms with Crippen LogP contribution in [0, 0.1) is 0 Å². The van der Waals surface area contributed by atoms with Gasteiger partial charge in [-0.1, -0.05) is 0 Å². The molecule has 1 aliphatic heterocycles. The molecule has 1 rings (SSSR count). The summed E-state index contributed by atoms with van der Waals surface area (Å²) in [5, 5.41) is 1.22. The summed E-state index contributed by atoms with van der Waals surface area (Å²) in [7, 11) is 0. The standard InChI is InChI=1S/C5H3NO3S/c7-3-1-2(5(9)10)4(8)6-3/h1H,(H,9,10)(H,6,7,8). The number of hydrogen-bond donors (Lipinski definition) is 2. The van der Waals surface area contributed by atoms with Gasteiger partial charge in [-0.25, -0.2) is 0 Å². The summed E-state index contributed by atoms with van der Waals surface area (Å²) < 4.78 is 0. The Kier molecular flexibility index (Phi) is 1.58. The van der Waals surface area contributed by atoms with E-state index >= 15 is 0 Å². The van der Waals surface area contributed by atoms with Gasteiger partial charge in [0.05, 0.1) is 5.57 Å². The van der Waals surface area contributed by atoms with Crippen LogP contribution in [0.2, 0.25) is 0 Å². The Bertz CT molecular complexity index is 256. The smallest absolute Gasteiger partial charge is 0.262 e. The fourth-order valence-electron chi connectivity index (χ4n) is 0.571. The Balaban J connectivity index is 2.96. The zero-order chi connectivity index (χ0) is 7.72. The molecule has 52 valence electrons. The van der Waals surface area contributed by atoms with E-state index in [9.17, 15) is 14.4 Å². The summed E-state index contributed by atoms with van der Waals surface area (Å²) in [6, 6.07) is 0. The molecule has 0 saturated heterocycles. The molecule has 5 heteroatoms. The molecular formula is C5H3NO3S. The van der Waals surface area contributed by atoms with E-state index in [0.29, 0.717) is 0 Å². The number of rotatable bonds is 1. The van der Waals surface area contributed by atoms with E-state index in [1.165, 1.54) is 0 Å². The van der Waals surface area contributed by atoms with Crippen LogP contribution in [-0.4, -0.2) is 16.9 Å². The molecule has 0 aliphatic carbocycles. The Morgan fingerprint density at radius 2 is 2.10 bits per heavy atom. The highest BCUT2D eigenvalue weighted by atomic mass is 32.1. The second kappa shape index (κ2) is 2.26. The molecule has 0 aromatic heterocycles. The highest BCUT2D eigenvalue weighted by Gasteiger charge is 2.24. The van der Waals surface area contributed by atoms with Crippen molar-refractivity contribution in [3.63, 3.8) is 0 Å². The molecule has 1 heterocycles. The van der Waals surface area contributed by atoms with Crippen LogP contribution in [0.3, 0.4) is 0 Å². The molecule has 2 amide bonds. The van der Waals surface area contributed by atoms with Crippen LogP contribution in [0.4, 0.5) is 0 Å². The average molecular weight is 157 g/mol. The molecule has 0 bridgehead atoms. The first-order valence-electron chi connectivity index (χ1n) is 2.41. The summed E-state index contributed by atoms with van der Waals surface area (Å²) >= 11 is 3.37. The fraction of sp³-hybridized carbons (Fsp3) is 0. The highest BCUT2D eigenvalue weighted by Crippen LogP contribution is 2.04. The highest BCUT2D eigenvalue weighted by molar-refractivity contribution is 7.97. The van der Waals surface area contributed by atoms with Crippen LogP contribution in [-0.2, 0) is 14.4 Å². The number of carbonyl (C=O) groups is 3. The zero-order valence-electron chi connectivity index (χ0n) is 4.75. The number of thiol groups is 1. The van der Waals surface area contributed by atoms with Gasteiger partial charge in [-0.2, -0.15) is 0 Å². The molecule has 0 fully saturated rings. The topological polar surface area (TPSA) is 63.2 Å². The summed E-state index contributed by atoms with van der Waals surface area (Å²) in [6.07, 6.45) is 0.928. The van der Waals surface area contributed by atoms with E-state index in [4.69, 9.17) is 0 Å². The van der Waals surface area contributed by atoms with E-state index in [-0.39, 0.29) is 5.57 Å². The normalized spacial score (nSPS) is 16.7. The van der Waals surface area contributed by atoms with Crippen molar-refractivity contribution >= 4 is 29.6 Å². The predicted octanol–water partition coefficient (Wildman–Crippen LogP) is -0.974. The maximum Gasteiger partial charge on any atom is 0.262 e. The minimum absolute atomic E-state index is 0.201. The molecule has 0 spiro atoms. The number of hydrogen-bond acceptors (Lipinski definition) is 3. The maximum atomic E-state index is 10.6. The van der Waals surface area contributed by atoms with Crippen LogP contribution < -0.4 is 5.32 Å². The Labute approximate surface area is 61.7 Å². The maximum absolute atomic E-state index is 10.6. The van der Waals surface area contributed by atoms with Gasteiger partial charge >= 0.3 is 0 Å². The van der Waals surface area contributed by atoms with Crippen LogP contribution in [0.25, 0.3) is 0 Å². The lowest BCUT2D eigenvalue weighted by atomic mass is 10.3. The Morgan fingerprint density at radius 3 is 2.30 bits per heavy atom. The number of imide groups is 1. The molecule has 0 saturated carbocycles. The second-order valence-corrected chi connectivity index (χ2v) is 2.09. The second-order valence-electron chi connectivity index (χ2n) is 1.68. The largest absolute Gasteiger partial charge is 0.289 e. The summed E-state index contributed by atoms with van der Waals surface area (Å²) in [5.41, 5.74) is -0.201. The average Bonchev–Trinajstić information content (AvgIpc) is 2.10. The van der Waals surface area contributed by atoms with Crippen molar-refractivity contribution in [2.45, 2.75) is 0 Å². The fourth-order valence-corrected chi connectivity index (χ4v) is 0.737. The molecule has 0 aromatic rings. The zero-order valence-corrected chi connectivity index (χ0v) is 5.64. The van der Waals surface area contributed by atoms with Crippen LogP contribution >= 0.6 is 12.6 Å². The molecule has 1 N–H and O–H groups in total. The summed E-state index contributed by atoms with van der Waals surface area (Å²) in [6.45, 7) is 0. The first kappa shape index (κ1) is 7.01. The van der Waals surface area contributed by atoms with Crippen molar-refractivity contribution in [2.75, 3.05) is 0 Å².